The summed E-state index contributed by atoms with van der Waals surface area (Å²) in [7, 11) is 0. The molecule has 0 bridgehead atoms. The van der Waals surface area contributed by atoms with E-state index < -0.39 is 34.9 Å². The van der Waals surface area contributed by atoms with Crippen molar-refractivity contribution in [3.8, 4) is 0 Å². The lowest BCUT2D eigenvalue weighted by Gasteiger charge is -2.37. The topological polar surface area (TPSA) is 61.4 Å². The third-order valence-corrected chi connectivity index (χ3v) is 5.10. The lowest BCUT2D eigenvalue weighted by atomic mass is 10.0. The molecule has 0 radical (unpaired) electrons. The molecule has 3 rings (SSSR count). The summed E-state index contributed by atoms with van der Waals surface area (Å²) in [6.07, 6.45) is 0. The average molecular weight is 437 g/mol. The van der Waals surface area contributed by atoms with E-state index in [9.17, 15) is 27.2 Å². The predicted octanol–water partition coefficient (Wildman–Crippen LogP) is 3.83. The maximum absolute atomic E-state index is 15.0. The highest BCUT2D eigenvalue weighted by atomic mass is 19.3. The van der Waals surface area contributed by atoms with E-state index in [1.807, 2.05) is 0 Å². The van der Waals surface area contributed by atoms with Gasteiger partial charge >= 0.3 is 5.92 Å². The van der Waals surface area contributed by atoms with Crippen LogP contribution in [0.5, 0.6) is 0 Å². The molecule has 1 fully saturated rings. The highest BCUT2D eigenvalue weighted by Crippen LogP contribution is 2.33. The number of carbonyl (C=O) groups excluding carboxylic acids is 2. The zero-order valence-electron chi connectivity index (χ0n) is 17.3. The number of hydrogen-bond acceptors (Lipinski definition) is 3. The summed E-state index contributed by atoms with van der Waals surface area (Å²) in [5.74, 6) is -8.21. The van der Waals surface area contributed by atoms with Crippen molar-refractivity contribution in [2.24, 2.45) is 0 Å². The first-order valence-electron chi connectivity index (χ1n) is 9.79. The van der Waals surface area contributed by atoms with Gasteiger partial charge in [-0.15, -0.1) is 0 Å². The minimum atomic E-state index is -4.15. The highest BCUT2D eigenvalue weighted by Gasteiger charge is 2.47. The second kappa shape index (κ2) is 8.66. The van der Waals surface area contributed by atoms with Crippen LogP contribution in [0.15, 0.2) is 36.4 Å². The Kier molecular flexibility index (Phi) is 6.35. The number of nitrogens with zero attached hydrogens (tertiary/aromatic N) is 1. The first-order chi connectivity index (χ1) is 14.5. The molecule has 5 nitrogen and oxygen atoms in total. The Morgan fingerprint density at radius 2 is 1.65 bits per heavy atom. The SMILES string of the molecule is Cc1cc(NC(=O)c2ccc(F)c(C(F)(F)C(=O)N3C[C@@H](C)N[C@@H](C)C3)c2)ccc1F. The molecule has 1 aliphatic rings. The van der Waals surface area contributed by atoms with Crippen molar-refractivity contribution in [2.45, 2.75) is 38.8 Å². The normalized spacial score (nSPS) is 19.3. The number of hydrogen-bond donors (Lipinski definition) is 2. The van der Waals surface area contributed by atoms with Crippen LogP contribution in [-0.2, 0) is 10.7 Å². The van der Waals surface area contributed by atoms with Crippen LogP contribution in [0.25, 0.3) is 0 Å². The highest BCUT2D eigenvalue weighted by molar-refractivity contribution is 6.04. The van der Waals surface area contributed by atoms with Crippen LogP contribution in [0.1, 0.15) is 35.3 Å². The Labute approximate surface area is 177 Å². The van der Waals surface area contributed by atoms with Crippen molar-refractivity contribution < 1.29 is 27.2 Å². The molecule has 2 amide bonds. The van der Waals surface area contributed by atoms with Crippen molar-refractivity contribution in [1.82, 2.24) is 10.2 Å². The molecule has 1 saturated heterocycles. The molecule has 2 aromatic carbocycles. The second-order valence-electron chi connectivity index (χ2n) is 7.87. The maximum atomic E-state index is 15.0. The first-order valence-corrected chi connectivity index (χ1v) is 9.79. The number of piperazine rings is 1. The Morgan fingerprint density at radius 1 is 1.03 bits per heavy atom. The van der Waals surface area contributed by atoms with Gasteiger partial charge in [0.2, 0.25) is 0 Å². The van der Waals surface area contributed by atoms with Crippen molar-refractivity contribution in [3.63, 3.8) is 0 Å². The number of aryl methyl sites for hydroxylation is 1. The van der Waals surface area contributed by atoms with Crippen LogP contribution in [0.4, 0.5) is 23.2 Å². The van der Waals surface area contributed by atoms with Gasteiger partial charge in [-0.05, 0) is 62.7 Å². The second-order valence-corrected chi connectivity index (χ2v) is 7.87. The van der Waals surface area contributed by atoms with E-state index in [0.717, 1.165) is 23.1 Å². The summed E-state index contributed by atoms with van der Waals surface area (Å²) in [6, 6.07) is 5.91. The summed E-state index contributed by atoms with van der Waals surface area (Å²) in [5, 5.41) is 5.58. The van der Waals surface area contributed by atoms with Crippen molar-refractivity contribution >= 4 is 17.5 Å². The Balaban J connectivity index is 1.86. The summed E-state index contributed by atoms with van der Waals surface area (Å²) < 4.78 is 57.7. The fourth-order valence-electron chi connectivity index (χ4n) is 3.64. The smallest absolute Gasteiger partial charge is 0.334 e. The lowest BCUT2D eigenvalue weighted by molar-refractivity contribution is -0.161. The molecule has 31 heavy (non-hydrogen) atoms. The summed E-state index contributed by atoms with van der Waals surface area (Å²) in [6.45, 7) is 5.15. The molecule has 0 aliphatic carbocycles. The van der Waals surface area contributed by atoms with Crippen LogP contribution >= 0.6 is 0 Å². The number of carbonyl (C=O) groups is 2. The van der Waals surface area contributed by atoms with E-state index in [1.165, 1.54) is 19.1 Å². The van der Waals surface area contributed by atoms with Crippen molar-refractivity contribution in [2.75, 3.05) is 18.4 Å². The molecule has 2 aromatic rings. The third-order valence-electron chi connectivity index (χ3n) is 5.10. The number of alkyl halides is 2. The summed E-state index contributed by atoms with van der Waals surface area (Å²) in [4.78, 5) is 26.0. The van der Waals surface area contributed by atoms with Gasteiger partial charge in [-0.3, -0.25) is 9.59 Å². The van der Waals surface area contributed by atoms with E-state index in [2.05, 4.69) is 10.6 Å². The molecule has 0 unspecified atom stereocenters. The summed E-state index contributed by atoms with van der Waals surface area (Å²) in [5.41, 5.74) is -0.886. The van der Waals surface area contributed by atoms with E-state index in [4.69, 9.17) is 0 Å². The van der Waals surface area contributed by atoms with E-state index >= 15 is 0 Å². The maximum Gasteiger partial charge on any atom is 0.352 e. The van der Waals surface area contributed by atoms with E-state index in [1.54, 1.807) is 13.8 Å². The largest absolute Gasteiger partial charge is 0.352 e. The number of amides is 2. The Morgan fingerprint density at radius 3 is 2.26 bits per heavy atom. The fraction of sp³-hybridized carbons (Fsp3) is 0.364. The molecule has 1 aliphatic heterocycles. The number of rotatable bonds is 4. The van der Waals surface area contributed by atoms with Crippen LogP contribution in [0, 0.1) is 18.6 Å². The molecule has 166 valence electrons. The van der Waals surface area contributed by atoms with Gasteiger partial charge in [-0.1, -0.05) is 0 Å². The molecule has 0 spiro atoms. The minimum Gasteiger partial charge on any atom is -0.334 e. The molecule has 2 N–H and O–H groups in total. The van der Waals surface area contributed by atoms with Gasteiger partial charge < -0.3 is 15.5 Å². The molecule has 0 saturated carbocycles. The van der Waals surface area contributed by atoms with Gasteiger partial charge in [-0.2, -0.15) is 8.78 Å². The van der Waals surface area contributed by atoms with E-state index in [-0.39, 0.29) is 42.0 Å². The zero-order chi connectivity index (χ0) is 22.9. The fourth-order valence-corrected chi connectivity index (χ4v) is 3.64. The zero-order valence-corrected chi connectivity index (χ0v) is 17.3. The Bertz CT molecular complexity index is 1000. The van der Waals surface area contributed by atoms with Crippen LogP contribution in [0.3, 0.4) is 0 Å². The lowest BCUT2D eigenvalue weighted by Crippen LogP contribution is -2.58. The van der Waals surface area contributed by atoms with Crippen LogP contribution in [0.2, 0.25) is 0 Å². The van der Waals surface area contributed by atoms with Crippen LogP contribution in [-0.4, -0.2) is 41.9 Å². The Hall–Kier alpha value is -2.94. The monoisotopic (exact) mass is 437 g/mol. The van der Waals surface area contributed by atoms with E-state index in [0.29, 0.717) is 6.07 Å². The number of benzene rings is 2. The van der Waals surface area contributed by atoms with Gasteiger partial charge in [0, 0.05) is 36.4 Å². The van der Waals surface area contributed by atoms with Gasteiger partial charge in [0.1, 0.15) is 11.6 Å². The number of anilines is 1. The standard InChI is InChI=1S/C22H23F4N3O2/c1-12-8-16(5-7-18(12)23)28-20(30)15-4-6-19(24)17(9-15)22(25,26)21(31)29-10-13(2)27-14(3)11-29/h4-9,13-14,27H,10-11H2,1-3H3,(H,28,30)/t13-,14+. The van der Waals surface area contributed by atoms with Crippen LogP contribution < -0.4 is 10.6 Å². The van der Waals surface area contributed by atoms with Crippen molar-refractivity contribution in [3.05, 3.63) is 64.7 Å². The van der Waals surface area contributed by atoms with Gasteiger partial charge in [0.25, 0.3) is 11.8 Å². The third kappa shape index (κ3) is 4.87. The molecular weight excluding hydrogens is 414 g/mol. The molecule has 0 aromatic heterocycles. The quantitative estimate of drug-likeness (QED) is 0.715. The average Bonchev–Trinajstić information content (AvgIpc) is 2.69. The molecule has 2 atom stereocenters. The predicted molar refractivity (Wildman–Crippen MR) is 108 cm³/mol. The minimum absolute atomic E-state index is 0.0600. The molecule has 9 heteroatoms. The van der Waals surface area contributed by atoms with Crippen molar-refractivity contribution in [1.29, 1.82) is 0 Å². The molecule has 1 heterocycles. The molecular formula is C22H23F4N3O2. The number of nitrogens with one attached hydrogen (secondary N) is 2. The number of halogens is 4. The van der Waals surface area contributed by atoms with Gasteiger partial charge in [0.05, 0.1) is 5.56 Å². The summed E-state index contributed by atoms with van der Waals surface area (Å²) >= 11 is 0. The van der Waals surface area contributed by atoms with Gasteiger partial charge in [0.15, 0.2) is 0 Å². The first kappa shape index (κ1) is 22.7. The van der Waals surface area contributed by atoms with Gasteiger partial charge in [-0.25, -0.2) is 8.78 Å².